The summed E-state index contributed by atoms with van der Waals surface area (Å²) in [7, 11) is 1.25. The van der Waals surface area contributed by atoms with Crippen molar-refractivity contribution in [1.82, 2.24) is 4.98 Å². The third-order valence-corrected chi connectivity index (χ3v) is 2.57. The summed E-state index contributed by atoms with van der Waals surface area (Å²) in [5.74, 6) is -1.48. The topological polar surface area (TPSA) is 79.4 Å². The Morgan fingerprint density at radius 1 is 1.47 bits per heavy atom. The zero-order valence-corrected chi connectivity index (χ0v) is 9.54. The van der Waals surface area contributed by atoms with Gasteiger partial charge in [0.25, 0.3) is 0 Å². The highest BCUT2D eigenvalue weighted by molar-refractivity contribution is 6.31. The van der Waals surface area contributed by atoms with Gasteiger partial charge in [-0.25, -0.2) is 4.79 Å². The smallest absolute Gasteiger partial charge is 0.356 e. The first kappa shape index (κ1) is 11.5. The van der Waals surface area contributed by atoms with E-state index in [9.17, 15) is 9.59 Å². The van der Waals surface area contributed by atoms with Gasteiger partial charge < -0.3 is 14.8 Å². The van der Waals surface area contributed by atoms with Crippen molar-refractivity contribution in [3.05, 3.63) is 39.1 Å². The van der Waals surface area contributed by atoms with Gasteiger partial charge in [-0.15, -0.1) is 0 Å². The van der Waals surface area contributed by atoms with Crippen molar-refractivity contribution >= 4 is 28.5 Å². The van der Waals surface area contributed by atoms with E-state index in [0.29, 0.717) is 15.9 Å². The number of aromatic carboxylic acids is 1. The summed E-state index contributed by atoms with van der Waals surface area (Å²) in [6.45, 7) is 0. The molecule has 0 aliphatic heterocycles. The van der Waals surface area contributed by atoms with E-state index in [1.165, 1.54) is 19.2 Å². The van der Waals surface area contributed by atoms with Gasteiger partial charge in [-0.2, -0.15) is 0 Å². The highest BCUT2D eigenvalue weighted by Gasteiger charge is 2.17. The molecule has 0 aliphatic rings. The lowest BCUT2D eigenvalue weighted by Gasteiger charge is -2.06. The molecule has 0 bridgehead atoms. The summed E-state index contributed by atoms with van der Waals surface area (Å²) >= 11 is 5.78. The summed E-state index contributed by atoms with van der Waals surface area (Å²) in [5.41, 5.74) is -0.400. The second kappa shape index (κ2) is 4.10. The zero-order chi connectivity index (χ0) is 12.6. The van der Waals surface area contributed by atoms with E-state index in [-0.39, 0.29) is 11.4 Å². The number of benzene rings is 1. The van der Waals surface area contributed by atoms with E-state index >= 15 is 0 Å². The number of carbonyl (C=O) groups is 1. The summed E-state index contributed by atoms with van der Waals surface area (Å²) in [6, 6.07) is 4.56. The SMILES string of the molecule is COc1c(C(=O)O)[nH]c2cc(Cl)ccc2c1=O. The number of rotatable bonds is 2. The number of aromatic amines is 1. The van der Waals surface area contributed by atoms with Crippen molar-refractivity contribution < 1.29 is 14.6 Å². The molecule has 1 heterocycles. The third-order valence-electron chi connectivity index (χ3n) is 2.34. The fraction of sp³-hybridized carbons (Fsp3) is 0.0909. The number of hydrogen-bond donors (Lipinski definition) is 2. The Balaban J connectivity index is 2.93. The van der Waals surface area contributed by atoms with Crippen LogP contribution >= 0.6 is 11.6 Å². The van der Waals surface area contributed by atoms with Crippen molar-refractivity contribution in [1.29, 1.82) is 0 Å². The number of hydrogen-bond acceptors (Lipinski definition) is 3. The molecule has 2 rings (SSSR count). The second-order valence-corrected chi connectivity index (χ2v) is 3.79. The van der Waals surface area contributed by atoms with Gasteiger partial charge in [0, 0.05) is 10.4 Å². The van der Waals surface area contributed by atoms with E-state index in [1.807, 2.05) is 0 Å². The first-order valence-corrected chi connectivity index (χ1v) is 5.05. The normalized spacial score (nSPS) is 10.5. The molecule has 0 radical (unpaired) electrons. The highest BCUT2D eigenvalue weighted by Crippen LogP contribution is 2.20. The van der Waals surface area contributed by atoms with Crippen molar-refractivity contribution in [3.8, 4) is 5.75 Å². The molecule has 0 saturated carbocycles. The summed E-state index contributed by atoms with van der Waals surface area (Å²) in [5, 5.41) is 9.71. The second-order valence-electron chi connectivity index (χ2n) is 3.36. The van der Waals surface area contributed by atoms with Crippen LogP contribution in [0.25, 0.3) is 10.9 Å². The van der Waals surface area contributed by atoms with E-state index in [2.05, 4.69) is 4.98 Å². The van der Waals surface area contributed by atoms with Gasteiger partial charge in [-0.05, 0) is 18.2 Å². The van der Waals surface area contributed by atoms with Crippen LogP contribution in [0.4, 0.5) is 0 Å². The molecule has 2 aromatic rings. The minimum atomic E-state index is -1.26. The predicted molar refractivity (Wildman–Crippen MR) is 63.1 cm³/mol. The van der Waals surface area contributed by atoms with Crippen LogP contribution in [-0.2, 0) is 0 Å². The molecule has 0 aliphatic carbocycles. The fourth-order valence-corrected chi connectivity index (χ4v) is 1.76. The van der Waals surface area contributed by atoms with Gasteiger partial charge in [0.2, 0.25) is 5.43 Å². The van der Waals surface area contributed by atoms with Crippen LogP contribution < -0.4 is 10.2 Å². The van der Waals surface area contributed by atoms with Crippen LogP contribution in [0.2, 0.25) is 5.02 Å². The fourth-order valence-electron chi connectivity index (χ4n) is 1.59. The molecular weight excluding hydrogens is 246 g/mol. The Morgan fingerprint density at radius 2 is 2.18 bits per heavy atom. The summed E-state index contributed by atoms with van der Waals surface area (Å²) in [6.07, 6.45) is 0. The molecule has 6 heteroatoms. The quantitative estimate of drug-likeness (QED) is 0.857. The number of ether oxygens (including phenoxy) is 1. The molecule has 0 amide bonds. The van der Waals surface area contributed by atoms with Gasteiger partial charge in [0.1, 0.15) is 0 Å². The lowest BCUT2D eigenvalue weighted by Crippen LogP contribution is -2.14. The number of fused-ring (bicyclic) bond motifs is 1. The monoisotopic (exact) mass is 253 g/mol. The maximum atomic E-state index is 11.9. The van der Waals surface area contributed by atoms with E-state index in [4.69, 9.17) is 21.4 Å². The molecule has 2 N–H and O–H groups in total. The molecule has 0 fully saturated rings. The Bertz CT molecular complexity index is 662. The maximum absolute atomic E-state index is 11.9. The van der Waals surface area contributed by atoms with E-state index in [0.717, 1.165) is 0 Å². The maximum Gasteiger partial charge on any atom is 0.356 e. The third kappa shape index (κ3) is 1.85. The number of carboxylic acid groups (broad SMARTS) is 1. The van der Waals surface area contributed by atoms with Crippen LogP contribution in [0.5, 0.6) is 5.75 Å². The number of nitrogens with one attached hydrogen (secondary N) is 1. The van der Waals surface area contributed by atoms with Gasteiger partial charge in [-0.1, -0.05) is 11.6 Å². The molecule has 0 spiro atoms. The number of methoxy groups -OCH3 is 1. The standard InChI is InChI=1S/C11H8ClNO4/c1-17-10-8(11(15)16)13-7-4-5(12)2-3-6(7)9(10)14/h2-4H,1H3,(H,13,14)(H,15,16). The minimum absolute atomic E-state index is 0.215. The average molecular weight is 254 g/mol. The van der Waals surface area contributed by atoms with E-state index < -0.39 is 11.4 Å². The number of halogens is 1. The number of aromatic nitrogens is 1. The minimum Gasteiger partial charge on any atom is -0.491 e. The largest absolute Gasteiger partial charge is 0.491 e. The average Bonchev–Trinajstić information content (AvgIpc) is 2.28. The van der Waals surface area contributed by atoms with Gasteiger partial charge in [-0.3, -0.25) is 4.79 Å². The lowest BCUT2D eigenvalue weighted by atomic mass is 10.2. The zero-order valence-electron chi connectivity index (χ0n) is 8.78. The summed E-state index contributed by atoms with van der Waals surface area (Å²) < 4.78 is 4.82. The van der Waals surface area contributed by atoms with Crippen molar-refractivity contribution in [2.24, 2.45) is 0 Å². The van der Waals surface area contributed by atoms with Crippen molar-refractivity contribution in [2.45, 2.75) is 0 Å². The molecular formula is C11H8ClNO4. The first-order chi connectivity index (χ1) is 8.04. The molecule has 17 heavy (non-hydrogen) atoms. The molecule has 88 valence electrons. The Kier molecular flexibility index (Phi) is 2.77. The van der Waals surface area contributed by atoms with Crippen LogP contribution in [0.15, 0.2) is 23.0 Å². The summed E-state index contributed by atoms with van der Waals surface area (Å²) in [4.78, 5) is 25.5. The number of carboxylic acids is 1. The van der Waals surface area contributed by atoms with Crippen LogP contribution in [0.1, 0.15) is 10.5 Å². The molecule has 1 aromatic heterocycles. The molecule has 0 atom stereocenters. The Morgan fingerprint density at radius 3 is 2.76 bits per heavy atom. The Hall–Kier alpha value is -2.01. The van der Waals surface area contributed by atoms with Crippen LogP contribution in [0, 0.1) is 0 Å². The predicted octanol–water partition coefficient (Wildman–Crippen LogP) is 1.89. The highest BCUT2D eigenvalue weighted by atomic mass is 35.5. The van der Waals surface area contributed by atoms with Gasteiger partial charge in [0.15, 0.2) is 11.4 Å². The number of pyridine rings is 1. The van der Waals surface area contributed by atoms with Crippen LogP contribution in [-0.4, -0.2) is 23.2 Å². The van der Waals surface area contributed by atoms with Gasteiger partial charge in [0.05, 0.1) is 12.6 Å². The first-order valence-electron chi connectivity index (χ1n) is 4.67. The number of H-pyrrole nitrogens is 1. The van der Waals surface area contributed by atoms with E-state index in [1.54, 1.807) is 6.07 Å². The van der Waals surface area contributed by atoms with Crippen molar-refractivity contribution in [3.63, 3.8) is 0 Å². The van der Waals surface area contributed by atoms with Crippen molar-refractivity contribution in [2.75, 3.05) is 7.11 Å². The van der Waals surface area contributed by atoms with Gasteiger partial charge >= 0.3 is 5.97 Å². The lowest BCUT2D eigenvalue weighted by molar-refractivity contribution is 0.0687. The molecule has 0 saturated heterocycles. The van der Waals surface area contributed by atoms with Crippen LogP contribution in [0.3, 0.4) is 0 Å². The molecule has 5 nitrogen and oxygen atoms in total. The molecule has 1 aromatic carbocycles. The Labute approximate surface area is 101 Å². The molecule has 0 unspecified atom stereocenters.